The first-order valence-corrected chi connectivity index (χ1v) is 7.39. The molecule has 1 aromatic heterocycles. The van der Waals surface area contributed by atoms with Gasteiger partial charge in [-0.05, 0) is 41.7 Å². The topological polar surface area (TPSA) is 22.1 Å². The molecule has 1 aliphatic rings. The number of benzene rings is 1. The Labute approximate surface area is 126 Å². The summed E-state index contributed by atoms with van der Waals surface area (Å²) in [6, 6.07) is 6.54. The van der Waals surface area contributed by atoms with Crippen LogP contribution in [-0.2, 0) is 11.3 Å². The largest absolute Gasteiger partial charge is 0.376 e. The molecular weight excluding hydrogens is 258 g/mol. The van der Waals surface area contributed by atoms with Gasteiger partial charge in [-0.2, -0.15) is 0 Å². The van der Waals surface area contributed by atoms with E-state index in [-0.39, 0.29) is 0 Å². The summed E-state index contributed by atoms with van der Waals surface area (Å²) in [4.78, 5) is 4.44. The first kappa shape index (κ1) is 14.0. The van der Waals surface area contributed by atoms with Crippen molar-refractivity contribution >= 4 is 5.57 Å². The molecule has 21 heavy (non-hydrogen) atoms. The lowest BCUT2D eigenvalue weighted by Crippen LogP contribution is -2.15. The molecule has 3 rings (SSSR count). The fourth-order valence-electron chi connectivity index (χ4n) is 3.08. The van der Waals surface area contributed by atoms with Crippen molar-refractivity contribution in [1.82, 2.24) is 4.98 Å². The summed E-state index contributed by atoms with van der Waals surface area (Å²) in [5.74, 6) is 0.414. The molecule has 0 amide bonds. The molecule has 0 aliphatic carbocycles. The zero-order valence-corrected chi connectivity index (χ0v) is 12.9. The summed E-state index contributed by atoms with van der Waals surface area (Å²) in [6.45, 7) is 11.9. The van der Waals surface area contributed by atoms with Gasteiger partial charge in [-0.15, -0.1) is 0 Å². The summed E-state index contributed by atoms with van der Waals surface area (Å²) in [7, 11) is 0. The second-order valence-electron chi connectivity index (χ2n) is 5.98. The highest BCUT2D eigenvalue weighted by Gasteiger charge is 2.20. The average molecular weight is 279 g/mol. The number of allylic oxidation sites excluding steroid dienone is 1. The second kappa shape index (κ2) is 5.45. The van der Waals surface area contributed by atoms with Crippen molar-refractivity contribution in [3.63, 3.8) is 0 Å². The number of ether oxygens (including phenoxy) is 1. The number of aromatic nitrogens is 1. The van der Waals surface area contributed by atoms with Crippen LogP contribution in [0, 0.1) is 6.92 Å². The Morgan fingerprint density at radius 2 is 2.14 bits per heavy atom. The van der Waals surface area contributed by atoms with Crippen LogP contribution in [0.2, 0.25) is 0 Å². The van der Waals surface area contributed by atoms with Gasteiger partial charge in [0.15, 0.2) is 0 Å². The standard InChI is InChI=1S/C19H21NO/c1-12(2)16-6-5-15(7-13(16)3)18-9-20-8-17-14(4)10-21-11-19(17)18/h5-9,14H,1,10-11H2,2-4H3. The van der Waals surface area contributed by atoms with E-state index in [1.165, 1.54) is 33.4 Å². The third-order valence-corrected chi connectivity index (χ3v) is 4.23. The Hall–Kier alpha value is -1.93. The monoisotopic (exact) mass is 279 g/mol. The third-order valence-electron chi connectivity index (χ3n) is 4.23. The zero-order chi connectivity index (χ0) is 15.0. The maximum Gasteiger partial charge on any atom is 0.0727 e. The van der Waals surface area contributed by atoms with E-state index in [4.69, 9.17) is 4.74 Å². The summed E-state index contributed by atoms with van der Waals surface area (Å²) >= 11 is 0. The molecule has 1 aromatic carbocycles. The summed E-state index contributed by atoms with van der Waals surface area (Å²) < 4.78 is 5.72. The van der Waals surface area contributed by atoms with Crippen molar-refractivity contribution < 1.29 is 4.74 Å². The molecular formula is C19H21NO. The number of rotatable bonds is 2. The Bertz CT molecular complexity index is 703. The molecule has 0 saturated carbocycles. The molecule has 1 unspecified atom stereocenters. The van der Waals surface area contributed by atoms with E-state index in [9.17, 15) is 0 Å². The van der Waals surface area contributed by atoms with E-state index >= 15 is 0 Å². The van der Waals surface area contributed by atoms with E-state index < -0.39 is 0 Å². The fourth-order valence-corrected chi connectivity index (χ4v) is 3.08. The Morgan fingerprint density at radius 1 is 1.33 bits per heavy atom. The molecule has 0 spiro atoms. The first-order chi connectivity index (χ1) is 10.1. The van der Waals surface area contributed by atoms with Crippen molar-refractivity contribution in [3.8, 4) is 11.1 Å². The van der Waals surface area contributed by atoms with Gasteiger partial charge in [0.1, 0.15) is 0 Å². The van der Waals surface area contributed by atoms with E-state index in [0.29, 0.717) is 12.5 Å². The average Bonchev–Trinajstić information content (AvgIpc) is 2.46. The predicted octanol–water partition coefficient (Wildman–Crippen LogP) is 4.72. The molecule has 108 valence electrons. The SMILES string of the molecule is C=C(C)c1ccc(-c2cncc3c2COCC3C)cc1C. The lowest BCUT2D eigenvalue weighted by molar-refractivity contribution is 0.0953. The molecule has 1 atom stereocenters. The third kappa shape index (κ3) is 2.52. The maximum atomic E-state index is 5.72. The minimum atomic E-state index is 0.414. The molecule has 1 aliphatic heterocycles. The van der Waals surface area contributed by atoms with Crippen LogP contribution in [-0.4, -0.2) is 11.6 Å². The van der Waals surface area contributed by atoms with Crippen LogP contribution in [0.5, 0.6) is 0 Å². The van der Waals surface area contributed by atoms with E-state index in [2.05, 4.69) is 43.6 Å². The Morgan fingerprint density at radius 3 is 2.86 bits per heavy atom. The van der Waals surface area contributed by atoms with Crippen LogP contribution < -0.4 is 0 Å². The van der Waals surface area contributed by atoms with Crippen LogP contribution in [0.25, 0.3) is 16.7 Å². The zero-order valence-electron chi connectivity index (χ0n) is 12.9. The van der Waals surface area contributed by atoms with Gasteiger partial charge in [0.2, 0.25) is 0 Å². The van der Waals surface area contributed by atoms with Gasteiger partial charge in [0, 0.05) is 23.9 Å². The maximum absolute atomic E-state index is 5.72. The van der Waals surface area contributed by atoms with Crippen molar-refractivity contribution in [1.29, 1.82) is 0 Å². The molecule has 2 heteroatoms. The lowest BCUT2D eigenvalue weighted by atomic mass is 9.89. The van der Waals surface area contributed by atoms with Gasteiger partial charge >= 0.3 is 0 Å². The van der Waals surface area contributed by atoms with Crippen LogP contribution >= 0.6 is 0 Å². The molecule has 2 heterocycles. The van der Waals surface area contributed by atoms with Crippen molar-refractivity contribution in [2.24, 2.45) is 0 Å². The van der Waals surface area contributed by atoms with E-state index in [1.54, 1.807) is 0 Å². The van der Waals surface area contributed by atoms with Crippen LogP contribution in [0.3, 0.4) is 0 Å². The molecule has 2 aromatic rings. The lowest BCUT2D eigenvalue weighted by Gasteiger charge is -2.24. The smallest absolute Gasteiger partial charge is 0.0727 e. The normalized spacial score (nSPS) is 17.4. The van der Waals surface area contributed by atoms with Gasteiger partial charge in [-0.1, -0.05) is 37.3 Å². The highest BCUT2D eigenvalue weighted by atomic mass is 16.5. The second-order valence-corrected chi connectivity index (χ2v) is 5.98. The van der Waals surface area contributed by atoms with Gasteiger partial charge in [0.05, 0.1) is 13.2 Å². The number of hydrogen-bond acceptors (Lipinski definition) is 2. The summed E-state index contributed by atoms with van der Waals surface area (Å²) in [6.07, 6.45) is 3.94. The molecule has 0 fully saturated rings. The molecule has 0 radical (unpaired) electrons. The number of aryl methyl sites for hydroxylation is 1. The van der Waals surface area contributed by atoms with Crippen molar-refractivity contribution in [2.75, 3.05) is 6.61 Å². The van der Waals surface area contributed by atoms with Crippen LogP contribution in [0.4, 0.5) is 0 Å². The number of nitrogens with zero attached hydrogens (tertiary/aromatic N) is 1. The first-order valence-electron chi connectivity index (χ1n) is 7.39. The summed E-state index contributed by atoms with van der Waals surface area (Å²) in [5, 5.41) is 0. The Kier molecular flexibility index (Phi) is 3.64. The van der Waals surface area contributed by atoms with Gasteiger partial charge < -0.3 is 4.74 Å². The van der Waals surface area contributed by atoms with Gasteiger partial charge in [-0.3, -0.25) is 4.98 Å². The highest BCUT2D eigenvalue weighted by Crippen LogP contribution is 2.34. The van der Waals surface area contributed by atoms with Crippen LogP contribution in [0.15, 0.2) is 37.2 Å². The fraction of sp³-hybridized carbons (Fsp3) is 0.316. The van der Waals surface area contributed by atoms with Crippen LogP contribution in [0.1, 0.15) is 42.0 Å². The van der Waals surface area contributed by atoms with Gasteiger partial charge in [0.25, 0.3) is 0 Å². The summed E-state index contributed by atoms with van der Waals surface area (Å²) in [5.41, 5.74) is 8.58. The van der Waals surface area contributed by atoms with E-state index in [0.717, 1.165) is 12.2 Å². The number of hydrogen-bond donors (Lipinski definition) is 0. The van der Waals surface area contributed by atoms with Gasteiger partial charge in [-0.25, -0.2) is 0 Å². The minimum Gasteiger partial charge on any atom is -0.376 e. The number of pyridine rings is 1. The van der Waals surface area contributed by atoms with E-state index in [1.807, 2.05) is 19.3 Å². The molecule has 0 bridgehead atoms. The molecule has 0 saturated heterocycles. The predicted molar refractivity (Wildman–Crippen MR) is 87.2 cm³/mol. The molecule has 2 nitrogen and oxygen atoms in total. The van der Waals surface area contributed by atoms with Crippen molar-refractivity contribution in [2.45, 2.75) is 33.3 Å². The van der Waals surface area contributed by atoms with Crippen molar-refractivity contribution in [3.05, 3.63) is 59.4 Å². The quantitative estimate of drug-likeness (QED) is 0.793. The highest BCUT2D eigenvalue weighted by molar-refractivity contribution is 5.73. The molecule has 0 N–H and O–H groups in total. The minimum absolute atomic E-state index is 0.414. The Balaban J connectivity index is 2.11. The number of fused-ring (bicyclic) bond motifs is 1.